The molecular weight excluding hydrogens is 326 g/mol. The van der Waals surface area contributed by atoms with Crippen molar-refractivity contribution in [1.82, 2.24) is 4.90 Å². The third-order valence-electron chi connectivity index (χ3n) is 4.02. The van der Waals surface area contributed by atoms with Crippen molar-refractivity contribution in [2.75, 3.05) is 18.0 Å². The van der Waals surface area contributed by atoms with E-state index in [0.29, 0.717) is 23.7 Å². The number of ether oxygens (including phenoxy) is 1. The number of hydrogen-bond acceptors (Lipinski definition) is 4. The van der Waals surface area contributed by atoms with Gasteiger partial charge in [-0.1, -0.05) is 11.6 Å². The van der Waals surface area contributed by atoms with Crippen LogP contribution in [0.15, 0.2) is 18.2 Å². The SMILES string of the molecule is C[C@@H]1CN(c2ccc(C#N)c(Cl)c2)[C@@H](C)CN1C(=O)OC(C)(C)C. The fourth-order valence-corrected chi connectivity index (χ4v) is 3.05. The van der Waals surface area contributed by atoms with Crippen LogP contribution in [0.3, 0.4) is 0 Å². The standard InChI is InChI=1S/C18H24ClN3O2/c1-12-11-22(17(23)24-18(3,4)5)13(2)10-21(12)15-7-6-14(9-20)16(19)8-15/h6-8,12-13H,10-11H2,1-5H3/t12-,13+/m0/s1. The summed E-state index contributed by atoms with van der Waals surface area (Å²) in [5.74, 6) is 0. The molecule has 24 heavy (non-hydrogen) atoms. The molecule has 5 nitrogen and oxygen atoms in total. The summed E-state index contributed by atoms with van der Waals surface area (Å²) in [5.41, 5.74) is 0.924. The summed E-state index contributed by atoms with van der Waals surface area (Å²) >= 11 is 6.15. The predicted octanol–water partition coefficient (Wildman–Crippen LogP) is 4.05. The molecule has 1 saturated heterocycles. The Balaban J connectivity index is 2.15. The van der Waals surface area contributed by atoms with Gasteiger partial charge in [0.15, 0.2) is 0 Å². The zero-order valence-corrected chi connectivity index (χ0v) is 15.6. The molecule has 2 rings (SSSR count). The second-order valence-electron chi connectivity index (χ2n) is 7.26. The van der Waals surface area contributed by atoms with E-state index in [9.17, 15) is 4.79 Å². The molecule has 0 N–H and O–H groups in total. The van der Waals surface area contributed by atoms with Crippen LogP contribution >= 0.6 is 11.6 Å². The Morgan fingerprint density at radius 2 is 1.96 bits per heavy atom. The minimum Gasteiger partial charge on any atom is -0.444 e. The second-order valence-corrected chi connectivity index (χ2v) is 7.67. The highest BCUT2D eigenvalue weighted by molar-refractivity contribution is 6.32. The molecule has 0 aliphatic carbocycles. The molecule has 0 spiro atoms. The van der Waals surface area contributed by atoms with Crippen molar-refractivity contribution in [2.24, 2.45) is 0 Å². The van der Waals surface area contributed by atoms with Crippen molar-refractivity contribution in [2.45, 2.75) is 52.3 Å². The molecule has 2 atom stereocenters. The smallest absolute Gasteiger partial charge is 0.410 e. The largest absolute Gasteiger partial charge is 0.444 e. The van der Waals surface area contributed by atoms with Crippen molar-refractivity contribution in [1.29, 1.82) is 5.26 Å². The first-order valence-electron chi connectivity index (χ1n) is 8.08. The number of nitriles is 1. The molecule has 1 fully saturated rings. The molecule has 1 aliphatic heterocycles. The number of carbonyl (C=O) groups is 1. The number of hydrogen-bond donors (Lipinski definition) is 0. The number of benzene rings is 1. The number of rotatable bonds is 1. The van der Waals surface area contributed by atoms with Crippen LogP contribution in [0.25, 0.3) is 0 Å². The van der Waals surface area contributed by atoms with Crippen LogP contribution in [0.1, 0.15) is 40.2 Å². The normalized spacial score (nSPS) is 21.4. The predicted molar refractivity (Wildman–Crippen MR) is 95.4 cm³/mol. The second kappa shape index (κ2) is 6.90. The van der Waals surface area contributed by atoms with Gasteiger partial charge < -0.3 is 14.5 Å². The first-order valence-corrected chi connectivity index (χ1v) is 8.46. The Morgan fingerprint density at radius 3 is 2.50 bits per heavy atom. The Labute approximate surface area is 148 Å². The third-order valence-corrected chi connectivity index (χ3v) is 4.33. The van der Waals surface area contributed by atoms with Gasteiger partial charge in [-0.3, -0.25) is 0 Å². The quantitative estimate of drug-likeness (QED) is 0.767. The molecule has 0 unspecified atom stereocenters. The summed E-state index contributed by atoms with van der Waals surface area (Å²) in [6.07, 6.45) is -0.278. The molecule has 130 valence electrons. The Kier molecular flexibility index (Phi) is 5.29. The van der Waals surface area contributed by atoms with Crippen LogP contribution in [0, 0.1) is 11.3 Å². The number of amides is 1. The molecule has 0 saturated carbocycles. The molecular formula is C18H24ClN3O2. The molecule has 0 radical (unpaired) electrons. The molecule has 1 aromatic rings. The molecule has 1 heterocycles. The van der Waals surface area contributed by atoms with Crippen molar-refractivity contribution in [3.8, 4) is 6.07 Å². The molecule has 1 aliphatic rings. The van der Waals surface area contributed by atoms with E-state index in [0.717, 1.165) is 5.69 Å². The van der Waals surface area contributed by atoms with E-state index in [4.69, 9.17) is 21.6 Å². The Morgan fingerprint density at radius 1 is 1.29 bits per heavy atom. The fraction of sp³-hybridized carbons (Fsp3) is 0.556. The summed E-state index contributed by atoms with van der Waals surface area (Å²) in [5, 5.41) is 9.44. The van der Waals surface area contributed by atoms with Crippen LogP contribution in [-0.4, -0.2) is 41.8 Å². The van der Waals surface area contributed by atoms with Crippen LogP contribution in [0.4, 0.5) is 10.5 Å². The first kappa shape index (κ1) is 18.4. The number of halogens is 1. The minimum atomic E-state index is -0.502. The summed E-state index contributed by atoms with van der Waals surface area (Å²) in [6, 6.07) is 7.65. The number of piperazine rings is 1. The monoisotopic (exact) mass is 349 g/mol. The van der Waals surface area contributed by atoms with Crippen LogP contribution in [0.2, 0.25) is 5.02 Å². The number of anilines is 1. The van der Waals surface area contributed by atoms with Gasteiger partial charge in [-0.15, -0.1) is 0 Å². The van der Waals surface area contributed by atoms with Gasteiger partial charge >= 0.3 is 6.09 Å². The lowest BCUT2D eigenvalue weighted by molar-refractivity contribution is 0.0130. The summed E-state index contributed by atoms with van der Waals surface area (Å²) < 4.78 is 5.50. The molecule has 0 bridgehead atoms. The first-order chi connectivity index (χ1) is 11.1. The van der Waals surface area contributed by atoms with Gasteiger partial charge in [-0.25, -0.2) is 4.79 Å². The number of nitrogens with zero attached hydrogens (tertiary/aromatic N) is 3. The van der Waals surface area contributed by atoms with E-state index in [-0.39, 0.29) is 18.2 Å². The van der Waals surface area contributed by atoms with E-state index in [1.54, 1.807) is 11.0 Å². The topological polar surface area (TPSA) is 56.6 Å². The Bertz CT molecular complexity index is 663. The van der Waals surface area contributed by atoms with Gasteiger partial charge in [0, 0.05) is 30.9 Å². The van der Waals surface area contributed by atoms with Crippen LogP contribution in [-0.2, 0) is 4.74 Å². The maximum atomic E-state index is 12.4. The van der Waals surface area contributed by atoms with E-state index >= 15 is 0 Å². The summed E-state index contributed by atoms with van der Waals surface area (Å²) in [7, 11) is 0. The minimum absolute atomic E-state index is 0.0190. The van der Waals surface area contributed by atoms with Crippen LogP contribution < -0.4 is 4.90 Å². The lowest BCUT2D eigenvalue weighted by Gasteiger charge is -2.45. The summed E-state index contributed by atoms with van der Waals surface area (Å²) in [4.78, 5) is 16.4. The summed E-state index contributed by atoms with van der Waals surface area (Å²) in [6.45, 7) is 10.9. The zero-order chi connectivity index (χ0) is 18.1. The van der Waals surface area contributed by atoms with Gasteiger partial charge in [0.1, 0.15) is 11.7 Å². The highest BCUT2D eigenvalue weighted by Crippen LogP contribution is 2.28. The zero-order valence-electron chi connectivity index (χ0n) is 14.8. The molecule has 6 heteroatoms. The van der Waals surface area contributed by atoms with Gasteiger partial charge in [-0.2, -0.15) is 5.26 Å². The van der Waals surface area contributed by atoms with Gasteiger partial charge in [0.25, 0.3) is 0 Å². The van der Waals surface area contributed by atoms with Gasteiger partial charge in [0.2, 0.25) is 0 Å². The Hall–Kier alpha value is -1.93. The fourth-order valence-electron chi connectivity index (χ4n) is 2.83. The van der Waals surface area contributed by atoms with Crippen molar-refractivity contribution in [3.63, 3.8) is 0 Å². The maximum absolute atomic E-state index is 12.4. The highest BCUT2D eigenvalue weighted by atomic mass is 35.5. The van der Waals surface area contributed by atoms with Gasteiger partial charge in [-0.05, 0) is 52.8 Å². The lowest BCUT2D eigenvalue weighted by atomic mass is 10.1. The lowest BCUT2D eigenvalue weighted by Crippen LogP contribution is -2.59. The molecule has 1 aromatic carbocycles. The number of carbonyl (C=O) groups excluding carboxylic acids is 1. The highest BCUT2D eigenvalue weighted by Gasteiger charge is 2.34. The molecule has 0 aromatic heterocycles. The van der Waals surface area contributed by atoms with E-state index < -0.39 is 5.60 Å². The van der Waals surface area contributed by atoms with E-state index in [1.807, 2.05) is 39.8 Å². The van der Waals surface area contributed by atoms with Gasteiger partial charge in [0.05, 0.1) is 10.6 Å². The van der Waals surface area contributed by atoms with E-state index in [1.165, 1.54) is 0 Å². The van der Waals surface area contributed by atoms with E-state index in [2.05, 4.69) is 17.9 Å². The maximum Gasteiger partial charge on any atom is 0.410 e. The van der Waals surface area contributed by atoms with Crippen molar-refractivity contribution >= 4 is 23.4 Å². The van der Waals surface area contributed by atoms with Crippen molar-refractivity contribution in [3.05, 3.63) is 28.8 Å². The average Bonchev–Trinajstić information content (AvgIpc) is 2.47. The third kappa shape index (κ3) is 4.12. The van der Waals surface area contributed by atoms with Crippen LogP contribution in [0.5, 0.6) is 0 Å². The van der Waals surface area contributed by atoms with Crippen molar-refractivity contribution < 1.29 is 9.53 Å². The average molecular weight is 350 g/mol. The molecule has 1 amide bonds.